The van der Waals surface area contributed by atoms with Crippen LogP contribution in [0.2, 0.25) is 0 Å². The molecular formula is C22H26N2O6. The Bertz CT molecular complexity index is 909. The lowest BCUT2D eigenvalue weighted by atomic mass is 10.1. The van der Waals surface area contributed by atoms with Gasteiger partial charge < -0.3 is 24.0 Å². The third kappa shape index (κ3) is 5.28. The van der Waals surface area contributed by atoms with Crippen molar-refractivity contribution in [3.63, 3.8) is 0 Å². The van der Waals surface area contributed by atoms with Crippen LogP contribution >= 0.6 is 0 Å². The maximum Gasteiger partial charge on any atom is 0.343 e. The van der Waals surface area contributed by atoms with E-state index in [0.717, 1.165) is 11.3 Å². The molecule has 0 saturated heterocycles. The van der Waals surface area contributed by atoms with Gasteiger partial charge in [0.15, 0.2) is 24.4 Å². The molecule has 2 aromatic rings. The SMILES string of the molecule is COc1ccc(C=O)c(C(=O)OCC(=O)N(C)Cc2ccc(N(C)C)cc2)c1OC. The quantitative estimate of drug-likeness (QED) is 0.460. The maximum absolute atomic E-state index is 12.6. The number of carbonyl (C=O) groups is 3. The van der Waals surface area contributed by atoms with Crippen molar-refractivity contribution in [3.05, 3.63) is 53.1 Å². The first kappa shape index (κ1) is 22.7. The summed E-state index contributed by atoms with van der Waals surface area (Å²) in [5.41, 5.74) is 2.00. The molecule has 0 unspecified atom stereocenters. The molecule has 0 fully saturated rings. The minimum absolute atomic E-state index is 0.0777. The maximum atomic E-state index is 12.6. The van der Waals surface area contributed by atoms with Gasteiger partial charge in [0.05, 0.1) is 14.2 Å². The van der Waals surface area contributed by atoms with E-state index >= 15 is 0 Å². The molecule has 0 aliphatic heterocycles. The van der Waals surface area contributed by atoms with Crippen molar-refractivity contribution >= 4 is 23.9 Å². The zero-order valence-electron chi connectivity index (χ0n) is 17.8. The van der Waals surface area contributed by atoms with E-state index in [1.165, 1.54) is 31.3 Å². The Hall–Kier alpha value is -3.55. The lowest BCUT2D eigenvalue weighted by Gasteiger charge is -2.19. The lowest BCUT2D eigenvalue weighted by molar-refractivity contribution is -0.133. The summed E-state index contributed by atoms with van der Waals surface area (Å²) in [5.74, 6) is -0.868. The van der Waals surface area contributed by atoms with Crippen molar-refractivity contribution in [3.8, 4) is 11.5 Å². The predicted octanol–water partition coefficient (Wildman–Crippen LogP) is 2.40. The summed E-state index contributed by atoms with van der Waals surface area (Å²) in [7, 11) is 8.29. The molecule has 8 heteroatoms. The Kier molecular flexibility index (Phi) is 7.80. The zero-order chi connectivity index (χ0) is 22.3. The molecule has 2 rings (SSSR count). The van der Waals surface area contributed by atoms with Crippen LogP contribution in [0.15, 0.2) is 36.4 Å². The van der Waals surface area contributed by atoms with Gasteiger partial charge in [-0.05, 0) is 29.8 Å². The van der Waals surface area contributed by atoms with E-state index in [9.17, 15) is 14.4 Å². The number of amides is 1. The fourth-order valence-electron chi connectivity index (χ4n) is 2.82. The van der Waals surface area contributed by atoms with Gasteiger partial charge in [0.25, 0.3) is 5.91 Å². The van der Waals surface area contributed by atoms with Crippen LogP contribution in [0.5, 0.6) is 11.5 Å². The summed E-state index contributed by atoms with van der Waals surface area (Å²) >= 11 is 0. The molecular weight excluding hydrogens is 388 g/mol. The molecule has 0 atom stereocenters. The standard InChI is InChI=1S/C22H26N2O6/c1-23(2)17-9-6-15(7-10-17)12-24(3)19(26)14-30-22(27)20-16(13-25)8-11-18(28-4)21(20)29-5/h6-11,13H,12,14H2,1-5H3. The summed E-state index contributed by atoms with van der Waals surface area (Å²) in [6.07, 6.45) is 0.518. The van der Waals surface area contributed by atoms with E-state index < -0.39 is 12.6 Å². The molecule has 0 saturated carbocycles. The highest BCUT2D eigenvalue weighted by Crippen LogP contribution is 2.33. The summed E-state index contributed by atoms with van der Waals surface area (Å²) in [4.78, 5) is 39.7. The molecule has 0 aromatic heterocycles. The minimum Gasteiger partial charge on any atom is -0.493 e. The van der Waals surface area contributed by atoms with E-state index in [1.54, 1.807) is 7.05 Å². The highest BCUT2D eigenvalue weighted by atomic mass is 16.5. The molecule has 0 aliphatic rings. The number of likely N-dealkylation sites (N-methyl/N-ethyl adjacent to an activating group) is 1. The van der Waals surface area contributed by atoms with E-state index in [2.05, 4.69) is 0 Å². The third-order valence-electron chi connectivity index (χ3n) is 4.53. The molecule has 0 N–H and O–H groups in total. The van der Waals surface area contributed by atoms with Crippen LogP contribution in [0.4, 0.5) is 5.69 Å². The second-order valence-corrected chi connectivity index (χ2v) is 6.77. The van der Waals surface area contributed by atoms with Crippen LogP contribution < -0.4 is 14.4 Å². The van der Waals surface area contributed by atoms with Crippen LogP contribution in [-0.4, -0.2) is 65.0 Å². The van der Waals surface area contributed by atoms with Gasteiger partial charge in [-0.1, -0.05) is 12.1 Å². The highest BCUT2D eigenvalue weighted by molar-refractivity contribution is 6.02. The topological polar surface area (TPSA) is 85.4 Å². The molecule has 2 aromatic carbocycles. The average molecular weight is 414 g/mol. The van der Waals surface area contributed by atoms with Gasteiger partial charge in [-0.3, -0.25) is 9.59 Å². The smallest absolute Gasteiger partial charge is 0.343 e. The number of hydrogen-bond acceptors (Lipinski definition) is 7. The van der Waals surface area contributed by atoms with Gasteiger partial charge in [0.2, 0.25) is 0 Å². The number of benzene rings is 2. The van der Waals surface area contributed by atoms with Crippen molar-refractivity contribution in [1.82, 2.24) is 4.90 Å². The minimum atomic E-state index is -0.843. The Morgan fingerprint density at radius 1 is 0.967 bits per heavy atom. The first-order valence-electron chi connectivity index (χ1n) is 9.19. The van der Waals surface area contributed by atoms with Crippen molar-refractivity contribution in [2.45, 2.75) is 6.54 Å². The van der Waals surface area contributed by atoms with Crippen molar-refractivity contribution in [2.24, 2.45) is 0 Å². The Morgan fingerprint density at radius 3 is 2.17 bits per heavy atom. The molecule has 0 radical (unpaired) electrons. The van der Waals surface area contributed by atoms with Crippen molar-refractivity contribution in [2.75, 3.05) is 46.9 Å². The summed E-state index contributed by atoms with van der Waals surface area (Å²) in [6.45, 7) is -0.101. The second kappa shape index (κ2) is 10.3. The fourth-order valence-corrected chi connectivity index (χ4v) is 2.82. The molecule has 0 spiro atoms. The van der Waals surface area contributed by atoms with Gasteiger partial charge in [-0.25, -0.2) is 4.79 Å². The predicted molar refractivity (Wildman–Crippen MR) is 112 cm³/mol. The molecule has 0 bridgehead atoms. The number of aldehydes is 1. The van der Waals surface area contributed by atoms with E-state index in [1.807, 2.05) is 43.3 Å². The molecule has 0 heterocycles. The number of nitrogens with zero attached hydrogens (tertiary/aromatic N) is 2. The van der Waals surface area contributed by atoms with Gasteiger partial charge in [0.1, 0.15) is 5.56 Å². The molecule has 8 nitrogen and oxygen atoms in total. The summed E-state index contributed by atoms with van der Waals surface area (Å²) < 4.78 is 15.5. The second-order valence-electron chi connectivity index (χ2n) is 6.77. The Balaban J connectivity index is 2.05. The van der Waals surface area contributed by atoms with Gasteiger partial charge in [-0.2, -0.15) is 0 Å². The number of carbonyl (C=O) groups excluding carboxylic acids is 3. The number of ether oxygens (including phenoxy) is 3. The summed E-state index contributed by atoms with van der Waals surface area (Å²) in [6, 6.07) is 10.7. The van der Waals surface area contributed by atoms with Crippen molar-refractivity contribution in [1.29, 1.82) is 0 Å². The van der Waals surface area contributed by atoms with Gasteiger partial charge in [0, 0.05) is 38.9 Å². The van der Waals surface area contributed by atoms with Crippen LogP contribution in [0.25, 0.3) is 0 Å². The molecule has 1 amide bonds. The molecule has 160 valence electrons. The first-order chi connectivity index (χ1) is 14.3. The number of anilines is 1. The van der Waals surface area contributed by atoms with Crippen molar-refractivity contribution < 1.29 is 28.6 Å². The van der Waals surface area contributed by atoms with Crippen LogP contribution in [0.1, 0.15) is 26.3 Å². The highest BCUT2D eigenvalue weighted by Gasteiger charge is 2.24. The van der Waals surface area contributed by atoms with E-state index in [4.69, 9.17) is 14.2 Å². The van der Waals surface area contributed by atoms with Crippen LogP contribution in [0, 0.1) is 0 Å². The molecule has 0 aliphatic carbocycles. The van der Waals surface area contributed by atoms with E-state index in [-0.39, 0.29) is 28.5 Å². The van der Waals surface area contributed by atoms with Gasteiger partial charge in [-0.15, -0.1) is 0 Å². The number of hydrogen-bond donors (Lipinski definition) is 0. The third-order valence-corrected chi connectivity index (χ3v) is 4.53. The Labute approximate surface area is 175 Å². The van der Waals surface area contributed by atoms with Crippen LogP contribution in [-0.2, 0) is 16.1 Å². The van der Waals surface area contributed by atoms with Gasteiger partial charge >= 0.3 is 5.97 Å². The summed E-state index contributed by atoms with van der Waals surface area (Å²) in [5, 5.41) is 0. The zero-order valence-corrected chi connectivity index (χ0v) is 17.8. The number of methoxy groups -OCH3 is 2. The Morgan fingerprint density at radius 2 is 1.63 bits per heavy atom. The number of rotatable bonds is 9. The monoisotopic (exact) mass is 414 g/mol. The van der Waals surface area contributed by atoms with Crippen LogP contribution in [0.3, 0.4) is 0 Å². The number of esters is 1. The normalized spacial score (nSPS) is 10.2. The molecule has 30 heavy (non-hydrogen) atoms. The van der Waals surface area contributed by atoms with E-state index in [0.29, 0.717) is 12.8 Å². The lowest BCUT2D eigenvalue weighted by Crippen LogP contribution is -2.31. The average Bonchev–Trinajstić information content (AvgIpc) is 2.76. The largest absolute Gasteiger partial charge is 0.493 e. The first-order valence-corrected chi connectivity index (χ1v) is 9.19. The fraction of sp³-hybridized carbons (Fsp3) is 0.318.